The molecule has 1 fully saturated rings. The fourth-order valence-corrected chi connectivity index (χ4v) is 1.96. The first-order valence-electron chi connectivity index (χ1n) is 6.28. The van der Waals surface area contributed by atoms with Gasteiger partial charge in [0, 0.05) is 13.6 Å². The number of hydrogen-bond acceptors (Lipinski definition) is 4. The average molecular weight is 266 g/mol. The van der Waals surface area contributed by atoms with Crippen molar-refractivity contribution >= 4 is 11.8 Å². The van der Waals surface area contributed by atoms with Crippen LogP contribution < -0.4 is 5.32 Å². The largest absolute Gasteiger partial charge is 0.459 e. The Kier molecular flexibility index (Phi) is 3.90. The quantitative estimate of drug-likeness (QED) is 0.807. The van der Waals surface area contributed by atoms with Gasteiger partial charge in [-0.15, -0.1) is 0 Å². The summed E-state index contributed by atoms with van der Waals surface area (Å²) in [4.78, 5) is 24.8. The van der Waals surface area contributed by atoms with Gasteiger partial charge in [-0.3, -0.25) is 9.59 Å². The van der Waals surface area contributed by atoms with Crippen molar-refractivity contribution in [3.63, 3.8) is 0 Å². The third-order valence-electron chi connectivity index (χ3n) is 3.36. The van der Waals surface area contributed by atoms with Crippen molar-refractivity contribution in [2.45, 2.75) is 24.9 Å². The second kappa shape index (κ2) is 5.44. The van der Waals surface area contributed by atoms with Gasteiger partial charge in [0.15, 0.2) is 5.76 Å². The van der Waals surface area contributed by atoms with Crippen molar-refractivity contribution < 1.29 is 19.1 Å². The van der Waals surface area contributed by atoms with Crippen LogP contribution in [0.5, 0.6) is 0 Å². The molecule has 2 amide bonds. The maximum Gasteiger partial charge on any atom is 0.289 e. The molecule has 0 bridgehead atoms. The van der Waals surface area contributed by atoms with Crippen LogP contribution in [0.3, 0.4) is 0 Å². The van der Waals surface area contributed by atoms with E-state index in [2.05, 4.69) is 5.32 Å². The predicted molar refractivity (Wildman–Crippen MR) is 67.5 cm³/mol. The lowest BCUT2D eigenvalue weighted by molar-refractivity contribution is -0.124. The Bertz CT molecular complexity index is 451. The molecule has 19 heavy (non-hydrogen) atoms. The van der Waals surface area contributed by atoms with Crippen LogP contribution in [-0.4, -0.2) is 47.6 Å². The molecular formula is C13H18N2O4. The standard InChI is InChI=1S/C13H18N2O4/c1-15(12(17)10-4-2-7-19-10)8-11(16)14-9-13(18)5-3-6-13/h2,4,7,18H,3,5-6,8-9H2,1H3,(H,14,16). The van der Waals surface area contributed by atoms with Crippen LogP contribution in [0.15, 0.2) is 22.8 Å². The summed E-state index contributed by atoms with van der Waals surface area (Å²) >= 11 is 0. The van der Waals surface area contributed by atoms with E-state index >= 15 is 0 Å². The lowest BCUT2D eigenvalue weighted by Crippen LogP contribution is -2.49. The van der Waals surface area contributed by atoms with Gasteiger partial charge >= 0.3 is 0 Å². The SMILES string of the molecule is CN(CC(=O)NCC1(O)CCC1)C(=O)c1ccco1. The van der Waals surface area contributed by atoms with E-state index in [9.17, 15) is 14.7 Å². The van der Waals surface area contributed by atoms with Crippen molar-refractivity contribution in [2.24, 2.45) is 0 Å². The molecule has 1 aliphatic carbocycles. The minimum Gasteiger partial charge on any atom is -0.459 e. The van der Waals surface area contributed by atoms with Crippen LogP contribution >= 0.6 is 0 Å². The van der Waals surface area contributed by atoms with Crippen LogP contribution in [0.4, 0.5) is 0 Å². The molecule has 1 aliphatic rings. The molecule has 1 saturated carbocycles. The van der Waals surface area contributed by atoms with Crippen molar-refractivity contribution in [3.05, 3.63) is 24.2 Å². The molecule has 104 valence electrons. The Balaban J connectivity index is 1.77. The van der Waals surface area contributed by atoms with Crippen LogP contribution in [0.25, 0.3) is 0 Å². The fraction of sp³-hybridized carbons (Fsp3) is 0.538. The van der Waals surface area contributed by atoms with Gasteiger partial charge in [0.1, 0.15) is 0 Å². The number of nitrogens with one attached hydrogen (secondary N) is 1. The van der Waals surface area contributed by atoms with E-state index in [4.69, 9.17) is 4.42 Å². The zero-order valence-electron chi connectivity index (χ0n) is 10.9. The first-order chi connectivity index (χ1) is 9.00. The Morgan fingerprint density at radius 1 is 1.53 bits per heavy atom. The number of carbonyl (C=O) groups excluding carboxylic acids is 2. The second-order valence-corrected chi connectivity index (χ2v) is 4.99. The lowest BCUT2D eigenvalue weighted by Gasteiger charge is -2.36. The number of hydrogen-bond donors (Lipinski definition) is 2. The topological polar surface area (TPSA) is 82.8 Å². The summed E-state index contributed by atoms with van der Waals surface area (Å²) in [7, 11) is 1.53. The molecule has 0 aliphatic heterocycles. The first-order valence-corrected chi connectivity index (χ1v) is 6.28. The van der Waals surface area contributed by atoms with E-state index in [1.807, 2.05) is 0 Å². The van der Waals surface area contributed by atoms with Gasteiger partial charge in [0.2, 0.25) is 5.91 Å². The Hall–Kier alpha value is -1.82. The summed E-state index contributed by atoms with van der Waals surface area (Å²) in [6, 6.07) is 3.17. The summed E-state index contributed by atoms with van der Waals surface area (Å²) in [5, 5.41) is 12.5. The van der Waals surface area contributed by atoms with E-state index in [0.717, 1.165) is 6.42 Å². The van der Waals surface area contributed by atoms with E-state index in [1.54, 1.807) is 12.1 Å². The smallest absolute Gasteiger partial charge is 0.289 e. The molecule has 6 heteroatoms. The maximum absolute atomic E-state index is 11.8. The average Bonchev–Trinajstić information content (AvgIpc) is 2.86. The summed E-state index contributed by atoms with van der Waals surface area (Å²) in [6.45, 7) is 0.185. The molecule has 0 aromatic carbocycles. The Morgan fingerprint density at radius 2 is 2.26 bits per heavy atom. The van der Waals surface area contributed by atoms with Gasteiger partial charge in [-0.1, -0.05) is 0 Å². The molecule has 0 atom stereocenters. The Labute approximate surface area is 111 Å². The summed E-state index contributed by atoms with van der Waals surface area (Å²) < 4.78 is 4.98. The van der Waals surface area contributed by atoms with Crippen molar-refractivity contribution in [1.82, 2.24) is 10.2 Å². The maximum atomic E-state index is 11.8. The number of rotatable bonds is 5. The highest BCUT2D eigenvalue weighted by Gasteiger charge is 2.34. The second-order valence-electron chi connectivity index (χ2n) is 4.99. The molecule has 0 radical (unpaired) electrons. The minimum absolute atomic E-state index is 0.0599. The van der Waals surface area contributed by atoms with Crippen LogP contribution in [0.1, 0.15) is 29.8 Å². The number of amides is 2. The normalized spacial score (nSPS) is 16.5. The van der Waals surface area contributed by atoms with E-state index < -0.39 is 5.60 Å². The van der Waals surface area contributed by atoms with Crippen LogP contribution in [-0.2, 0) is 4.79 Å². The highest BCUT2D eigenvalue weighted by molar-refractivity contribution is 5.94. The van der Waals surface area contributed by atoms with Gasteiger partial charge in [0.25, 0.3) is 5.91 Å². The molecule has 1 heterocycles. The Morgan fingerprint density at radius 3 is 2.79 bits per heavy atom. The highest BCUT2D eigenvalue weighted by atomic mass is 16.3. The molecule has 1 aromatic heterocycles. The molecular weight excluding hydrogens is 248 g/mol. The third-order valence-corrected chi connectivity index (χ3v) is 3.36. The molecule has 0 spiro atoms. The van der Waals surface area contributed by atoms with Gasteiger partial charge in [-0.05, 0) is 31.4 Å². The van der Waals surface area contributed by atoms with E-state index in [1.165, 1.54) is 18.2 Å². The molecule has 2 N–H and O–H groups in total. The molecule has 2 rings (SSSR count). The predicted octanol–water partition coefficient (Wildman–Crippen LogP) is 0.383. The number of furan rings is 1. The zero-order valence-corrected chi connectivity index (χ0v) is 10.9. The van der Waals surface area contributed by atoms with E-state index in [0.29, 0.717) is 12.8 Å². The third kappa shape index (κ3) is 3.35. The highest BCUT2D eigenvalue weighted by Crippen LogP contribution is 2.30. The molecule has 6 nitrogen and oxygen atoms in total. The van der Waals surface area contributed by atoms with Gasteiger partial charge in [-0.25, -0.2) is 0 Å². The van der Waals surface area contributed by atoms with Gasteiger partial charge < -0.3 is 19.7 Å². The number of likely N-dealkylation sites (N-methyl/N-ethyl adjacent to an activating group) is 1. The van der Waals surface area contributed by atoms with Gasteiger partial charge in [-0.2, -0.15) is 0 Å². The number of carbonyl (C=O) groups is 2. The van der Waals surface area contributed by atoms with E-state index in [-0.39, 0.29) is 30.7 Å². The minimum atomic E-state index is -0.751. The summed E-state index contributed by atoms with van der Waals surface area (Å²) in [5.41, 5.74) is -0.751. The van der Waals surface area contributed by atoms with Gasteiger partial charge in [0.05, 0.1) is 18.4 Å². The molecule has 0 saturated heterocycles. The van der Waals surface area contributed by atoms with Crippen molar-refractivity contribution in [3.8, 4) is 0 Å². The molecule has 1 aromatic rings. The number of aliphatic hydroxyl groups is 1. The molecule has 0 unspecified atom stereocenters. The monoisotopic (exact) mass is 266 g/mol. The fourth-order valence-electron chi connectivity index (χ4n) is 1.96. The number of nitrogens with zero attached hydrogens (tertiary/aromatic N) is 1. The first kappa shape index (κ1) is 13.6. The summed E-state index contributed by atoms with van der Waals surface area (Å²) in [5.74, 6) is -0.432. The lowest BCUT2D eigenvalue weighted by atomic mass is 9.80. The van der Waals surface area contributed by atoms with Crippen LogP contribution in [0, 0.1) is 0 Å². The van der Waals surface area contributed by atoms with Crippen molar-refractivity contribution in [2.75, 3.05) is 20.1 Å². The van der Waals surface area contributed by atoms with Crippen LogP contribution in [0.2, 0.25) is 0 Å². The summed E-state index contributed by atoms with van der Waals surface area (Å²) in [6.07, 6.45) is 3.83. The zero-order chi connectivity index (χ0) is 13.9. The van der Waals surface area contributed by atoms with Crippen molar-refractivity contribution in [1.29, 1.82) is 0 Å².